The van der Waals surface area contributed by atoms with Gasteiger partial charge in [0, 0.05) is 22.9 Å². The first-order chi connectivity index (χ1) is 10.5. The van der Waals surface area contributed by atoms with Crippen molar-refractivity contribution in [1.29, 1.82) is 0 Å². The van der Waals surface area contributed by atoms with E-state index < -0.39 is 5.91 Å². The molecule has 0 spiro atoms. The van der Waals surface area contributed by atoms with Crippen LogP contribution in [-0.4, -0.2) is 28.9 Å². The number of phenols is 2. The molecule has 0 aliphatic carbocycles. The first-order valence-corrected chi connectivity index (χ1v) is 6.70. The summed E-state index contributed by atoms with van der Waals surface area (Å²) >= 11 is 5.76. The van der Waals surface area contributed by atoms with Crippen LogP contribution in [0.15, 0.2) is 47.5 Å². The first kappa shape index (κ1) is 15.8. The van der Waals surface area contributed by atoms with Crippen molar-refractivity contribution in [1.82, 2.24) is 0 Å². The minimum Gasteiger partial charge on any atom is -0.508 e. The van der Waals surface area contributed by atoms with Crippen LogP contribution in [0.4, 0.5) is 5.69 Å². The van der Waals surface area contributed by atoms with Crippen LogP contribution in [0.3, 0.4) is 0 Å². The van der Waals surface area contributed by atoms with Crippen LogP contribution in [0.1, 0.15) is 5.56 Å². The Balaban J connectivity index is 1.99. The predicted octanol–water partition coefficient (Wildman–Crippen LogP) is 2.08. The Morgan fingerprint density at radius 1 is 1.23 bits per heavy atom. The van der Waals surface area contributed by atoms with Gasteiger partial charge in [-0.3, -0.25) is 9.79 Å². The molecule has 2 rings (SSSR count). The maximum absolute atomic E-state index is 11.9. The third-order valence-corrected chi connectivity index (χ3v) is 3.10. The van der Waals surface area contributed by atoms with Crippen LogP contribution in [0.25, 0.3) is 0 Å². The van der Waals surface area contributed by atoms with Crippen molar-refractivity contribution in [2.24, 2.45) is 10.8 Å². The van der Waals surface area contributed by atoms with E-state index in [-0.39, 0.29) is 18.0 Å². The second kappa shape index (κ2) is 6.93. The van der Waals surface area contributed by atoms with Gasteiger partial charge in [0.2, 0.25) is 0 Å². The number of nitrogens with two attached hydrogens (primary N) is 1. The SMILES string of the molecule is NN(C(=O)CN=Cc1ccc(O)cc1O)c1ccc(Cl)cc1. The quantitative estimate of drug-likeness (QED) is 0.348. The molecular formula is C15H14ClN3O3. The molecule has 22 heavy (non-hydrogen) atoms. The van der Waals surface area contributed by atoms with Crippen molar-refractivity contribution in [3.8, 4) is 11.5 Å². The Morgan fingerprint density at radius 2 is 1.91 bits per heavy atom. The lowest BCUT2D eigenvalue weighted by Crippen LogP contribution is -2.39. The monoisotopic (exact) mass is 319 g/mol. The largest absolute Gasteiger partial charge is 0.508 e. The lowest BCUT2D eigenvalue weighted by Gasteiger charge is -2.15. The fourth-order valence-corrected chi connectivity index (χ4v) is 1.81. The van der Waals surface area contributed by atoms with Crippen LogP contribution in [0.5, 0.6) is 11.5 Å². The van der Waals surface area contributed by atoms with E-state index in [0.717, 1.165) is 5.01 Å². The number of anilines is 1. The molecule has 0 radical (unpaired) electrons. The normalized spacial score (nSPS) is 10.8. The van der Waals surface area contributed by atoms with Crippen LogP contribution in [0.2, 0.25) is 5.02 Å². The maximum atomic E-state index is 11.9. The summed E-state index contributed by atoms with van der Waals surface area (Å²) in [6, 6.07) is 10.6. The van der Waals surface area contributed by atoms with E-state index in [0.29, 0.717) is 16.3 Å². The summed E-state index contributed by atoms with van der Waals surface area (Å²) in [5.74, 6) is 5.10. The molecular weight excluding hydrogens is 306 g/mol. The molecule has 0 atom stereocenters. The molecule has 0 aliphatic heterocycles. The van der Waals surface area contributed by atoms with Gasteiger partial charge in [0.05, 0.1) is 5.69 Å². The molecule has 2 aromatic rings. The highest BCUT2D eigenvalue weighted by molar-refractivity contribution is 6.30. The number of hydrogen-bond donors (Lipinski definition) is 3. The van der Waals surface area contributed by atoms with Gasteiger partial charge >= 0.3 is 0 Å². The molecule has 1 amide bonds. The van der Waals surface area contributed by atoms with E-state index in [1.54, 1.807) is 24.3 Å². The average molecular weight is 320 g/mol. The number of amides is 1. The molecule has 0 aromatic heterocycles. The zero-order chi connectivity index (χ0) is 16.1. The molecule has 0 bridgehead atoms. The third-order valence-electron chi connectivity index (χ3n) is 2.84. The predicted molar refractivity (Wildman–Crippen MR) is 85.4 cm³/mol. The Kier molecular flexibility index (Phi) is 4.98. The van der Waals surface area contributed by atoms with Gasteiger partial charge in [-0.1, -0.05) is 11.6 Å². The standard InChI is InChI=1S/C15H14ClN3O3/c16-11-2-4-12(5-3-11)19(17)15(22)9-18-8-10-1-6-13(20)7-14(10)21/h1-8,20-21H,9,17H2. The van der Waals surface area contributed by atoms with E-state index in [4.69, 9.17) is 17.4 Å². The Hall–Kier alpha value is -2.57. The summed E-state index contributed by atoms with van der Waals surface area (Å²) in [6.07, 6.45) is 1.34. The molecule has 0 heterocycles. The maximum Gasteiger partial charge on any atom is 0.262 e. The van der Waals surface area contributed by atoms with Crippen molar-refractivity contribution in [3.05, 3.63) is 53.1 Å². The summed E-state index contributed by atoms with van der Waals surface area (Å²) in [6.45, 7) is -0.181. The average Bonchev–Trinajstić information content (AvgIpc) is 2.49. The number of nitrogens with zero attached hydrogens (tertiary/aromatic N) is 2. The number of phenolic OH excluding ortho intramolecular Hbond substituents is 2. The number of rotatable bonds is 4. The van der Waals surface area contributed by atoms with Crippen LogP contribution >= 0.6 is 11.6 Å². The van der Waals surface area contributed by atoms with Gasteiger partial charge in [0.15, 0.2) is 0 Å². The number of carbonyl (C=O) groups is 1. The fraction of sp³-hybridized carbons (Fsp3) is 0.0667. The highest BCUT2D eigenvalue weighted by Crippen LogP contribution is 2.21. The number of benzene rings is 2. The van der Waals surface area contributed by atoms with Crippen molar-refractivity contribution in [2.75, 3.05) is 11.6 Å². The molecule has 0 aliphatic rings. The van der Waals surface area contributed by atoms with E-state index in [1.165, 1.54) is 24.4 Å². The second-order valence-electron chi connectivity index (χ2n) is 4.45. The molecule has 6 nitrogen and oxygen atoms in total. The summed E-state index contributed by atoms with van der Waals surface area (Å²) in [5.41, 5.74) is 0.887. The van der Waals surface area contributed by atoms with Crippen molar-refractivity contribution >= 4 is 29.4 Å². The van der Waals surface area contributed by atoms with Gasteiger partial charge in [-0.2, -0.15) is 0 Å². The highest BCUT2D eigenvalue weighted by Gasteiger charge is 2.10. The van der Waals surface area contributed by atoms with E-state index in [9.17, 15) is 15.0 Å². The summed E-state index contributed by atoms with van der Waals surface area (Å²) in [4.78, 5) is 15.8. The number of halogens is 1. The van der Waals surface area contributed by atoms with Gasteiger partial charge in [-0.25, -0.2) is 10.9 Å². The molecule has 2 aromatic carbocycles. The highest BCUT2D eigenvalue weighted by atomic mass is 35.5. The lowest BCUT2D eigenvalue weighted by molar-refractivity contribution is -0.117. The molecule has 0 unspecified atom stereocenters. The minimum atomic E-state index is -0.420. The van der Waals surface area contributed by atoms with Crippen molar-refractivity contribution in [3.63, 3.8) is 0 Å². The Morgan fingerprint density at radius 3 is 2.55 bits per heavy atom. The fourth-order valence-electron chi connectivity index (χ4n) is 1.69. The van der Waals surface area contributed by atoms with Crippen molar-refractivity contribution in [2.45, 2.75) is 0 Å². The number of hydrazine groups is 1. The van der Waals surface area contributed by atoms with E-state index in [1.807, 2.05) is 0 Å². The zero-order valence-corrected chi connectivity index (χ0v) is 12.2. The van der Waals surface area contributed by atoms with Gasteiger partial charge < -0.3 is 10.2 Å². The zero-order valence-electron chi connectivity index (χ0n) is 11.5. The molecule has 7 heteroatoms. The summed E-state index contributed by atoms with van der Waals surface area (Å²) in [5, 5.41) is 20.3. The molecule has 0 saturated heterocycles. The number of aromatic hydroxyl groups is 2. The smallest absolute Gasteiger partial charge is 0.262 e. The van der Waals surface area contributed by atoms with Crippen molar-refractivity contribution < 1.29 is 15.0 Å². The van der Waals surface area contributed by atoms with Crippen LogP contribution in [-0.2, 0) is 4.79 Å². The summed E-state index contributed by atoms with van der Waals surface area (Å²) < 4.78 is 0. The second-order valence-corrected chi connectivity index (χ2v) is 4.89. The van der Waals surface area contributed by atoms with Crippen LogP contribution < -0.4 is 10.9 Å². The first-order valence-electron chi connectivity index (χ1n) is 6.32. The number of hydrogen-bond acceptors (Lipinski definition) is 5. The molecule has 114 valence electrons. The topological polar surface area (TPSA) is 99.2 Å². The Labute approximate surface area is 132 Å². The molecule has 0 fully saturated rings. The van der Waals surface area contributed by atoms with Gasteiger partial charge in [-0.15, -0.1) is 0 Å². The lowest BCUT2D eigenvalue weighted by atomic mass is 10.2. The van der Waals surface area contributed by atoms with Crippen LogP contribution in [0, 0.1) is 0 Å². The number of aliphatic imine (C=N–C) groups is 1. The summed E-state index contributed by atoms with van der Waals surface area (Å²) in [7, 11) is 0. The minimum absolute atomic E-state index is 0.0541. The van der Waals surface area contributed by atoms with Gasteiger partial charge in [0.1, 0.15) is 18.0 Å². The third kappa shape index (κ3) is 3.97. The number of carbonyl (C=O) groups excluding carboxylic acids is 1. The molecule has 4 N–H and O–H groups in total. The van der Waals surface area contributed by atoms with E-state index in [2.05, 4.69) is 4.99 Å². The Bertz CT molecular complexity index is 702. The van der Waals surface area contributed by atoms with Gasteiger partial charge in [0.25, 0.3) is 5.91 Å². The molecule has 0 saturated carbocycles. The van der Waals surface area contributed by atoms with E-state index >= 15 is 0 Å². The van der Waals surface area contributed by atoms with Gasteiger partial charge in [-0.05, 0) is 36.4 Å².